The van der Waals surface area contributed by atoms with E-state index in [0.717, 1.165) is 27.4 Å². The van der Waals surface area contributed by atoms with Crippen LogP contribution in [-0.4, -0.2) is 14.5 Å². The van der Waals surface area contributed by atoms with Crippen molar-refractivity contribution in [2.45, 2.75) is 19.8 Å². The lowest BCUT2D eigenvalue weighted by Crippen LogP contribution is -2.22. The molecule has 4 nitrogen and oxygen atoms in total. The zero-order valence-corrected chi connectivity index (χ0v) is 11.2. The molecule has 0 bridgehead atoms. The first-order chi connectivity index (χ1) is 9.09. The Morgan fingerprint density at radius 3 is 2.68 bits per heavy atom. The van der Waals surface area contributed by atoms with Crippen molar-refractivity contribution in [1.29, 1.82) is 0 Å². The molecule has 0 aliphatic rings. The molecule has 0 saturated carbocycles. The third kappa shape index (κ3) is 1.71. The molecule has 0 radical (unpaired) electrons. The van der Waals surface area contributed by atoms with Gasteiger partial charge in [-0.15, -0.1) is 0 Å². The molecule has 2 heterocycles. The van der Waals surface area contributed by atoms with E-state index in [1.807, 2.05) is 24.4 Å². The van der Waals surface area contributed by atoms with Crippen LogP contribution in [-0.2, 0) is 7.05 Å². The molecular formula is C15H15N3O. The van der Waals surface area contributed by atoms with E-state index in [0.29, 0.717) is 0 Å². The van der Waals surface area contributed by atoms with Crippen LogP contribution in [0.1, 0.15) is 25.5 Å². The molecule has 0 aliphatic heterocycles. The molecule has 19 heavy (non-hydrogen) atoms. The zero-order valence-electron chi connectivity index (χ0n) is 11.2. The van der Waals surface area contributed by atoms with Gasteiger partial charge in [0, 0.05) is 35.6 Å². The van der Waals surface area contributed by atoms with Crippen molar-refractivity contribution in [1.82, 2.24) is 14.5 Å². The van der Waals surface area contributed by atoms with Crippen LogP contribution in [0.5, 0.6) is 0 Å². The van der Waals surface area contributed by atoms with E-state index in [1.165, 1.54) is 0 Å². The molecule has 96 valence electrons. The minimum Gasteiger partial charge on any atom is -0.294 e. The molecule has 3 rings (SSSR count). The van der Waals surface area contributed by atoms with Gasteiger partial charge < -0.3 is 0 Å². The zero-order chi connectivity index (χ0) is 13.6. The van der Waals surface area contributed by atoms with E-state index in [9.17, 15) is 4.79 Å². The second-order valence-electron chi connectivity index (χ2n) is 5.05. The summed E-state index contributed by atoms with van der Waals surface area (Å²) in [6, 6.07) is 6.00. The number of nitrogens with zero attached hydrogens (tertiary/aromatic N) is 3. The van der Waals surface area contributed by atoms with Gasteiger partial charge in [-0.3, -0.25) is 9.55 Å². The van der Waals surface area contributed by atoms with Crippen molar-refractivity contribution in [3.63, 3.8) is 0 Å². The Morgan fingerprint density at radius 2 is 1.95 bits per heavy atom. The molecule has 1 aromatic carbocycles. The molecule has 2 aromatic heterocycles. The number of aromatic nitrogens is 3. The van der Waals surface area contributed by atoms with Gasteiger partial charge in [-0.2, -0.15) is 4.98 Å². The van der Waals surface area contributed by atoms with E-state index in [-0.39, 0.29) is 11.6 Å². The number of aryl methyl sites for hydroxylation is 1. The maximum absolute atomic E-state index is 12.0. The second-order valence-corrected chi connectivity index (χ2v) is 5.05. The standard InChI is InChI=1S/C15H15N3O/c1-9(2)13-12-5-4-10-8-16-7-6-11(10)14(12)18(3)15(19)17-13/h4-9H,1-3H3. The highest BCUT2D eigenvalue weighted by molar-refractivity contribution is 6.05. The highest BCUT2D eigenvalue weighted by Crippen LogP contribution is 2.27. The van der Waals surface area contributed by atoms with Gasteiger partial charge in [0.05, 0.1) is 11.2 Å². The number of pyridine rings is 1. The van der Waals surface area contributed by atoms with Gasteiger partial charge >= 0.3 is 5.69 Å². The first-order valence-electron chi connectivity index (χ1n) is 6.33. The van der Waals surface area contributed by atoms with Crippen LogP contribution in [0.2, 0.25) is 0 Å². The molecule has 4 heteroatoms. The number of rotatable bonds is 1. The Kier molecular flexibility index (Phi) is 2.59. The fourth-order valence-corrected chi connectivity index (χ4v) is 2.49. The summed E-state index contributed by atoms with van der Waals surface area (Å²) in [6.07, 6.45) is 3.57. The van der Waals surface area contributed by atoms with Crippen molar-refractivity contribution in [2.75, 3.05) is 0 Å². The Labute approximate surface area is 110 Å². The van der Waals surface area contributed by atoms with Crippen molar-refractivity contribution in [2.24, 2.45) is 7.05 Å². The first kappa shape index (κ1) is 11.8. The third-order valence-electron chi connectivity index (χ3n) is 3.45. The molecule has 3 aromatic rings. The Bertz CT molecular complexity index is 834. The number of hydrogen-bond donors (Lipinski definition) is 0. The van der Waals surface area contributed by atoms with Crippen LogP contribution >= 0.6 is 0 Å². The summed E-state index contributed by atoms with van der Waals surface area (Å²) < 4.78 is 1.61. The van der Waals surface area contributed by atoms with Gasteiger partial charge in [0.15, 0.2) is 0 Å². The van der Waals surface area contributed by atoms with E-state index in [4.69, 9.17) is 0 Å². The number of hydrogen-bond acceptors (Lipinski definition) is 3. The summed E-state index contributed by atoms with van der Waals surface area (Å²) in [6.45, 7) is 4.11. The van der Waals surface area contributed by atoms with E-state index >= 15 is 0 Å². The first-order valence-corrected chi connectivity index (χ1v) is 6.33. The fraction of sp³-hybridized carbons (Fsp3) is 0.267. The number of fused-ring (bicyclic) bond motifs is 3. The topological polar surface area (TPSA) is 47.8 Å². The Balaban J connectivity index is 2.62. The fourth-order valence-electron chi connectivity index (χ4n) is 2.49. The normalized spacial score (nSPS) is 11.6. The molecule has 0 aliphatic carbocycles. The summed E-state index contributed by atoms with van der Waals surface area (Å²) in [4.78, 5) is 20.4. The molecule has 0 atom stereocenters. The van der Waals surface area contributed by atoms with E-state index in [2.05, 4.69) is 23.8 Å². The lowest BCUT2D eigenvalue weighted by Gasteiger charge is -2.13. The average molecular weight is 253 g/mol. The monoisotopic (exact) mass is 253 g/mol. The van der Waals surface area contributed by atoms with Gasteiger partial charge in [0.25, 0.3) is 0 Å². The smallest absolute Gasteiger partial charge is 0.294 e. The molecule has 0 spiro atoms. The SMILES string of the molecule is CC(C)c1nc(=O)n(C)c2c1ccc1cnccc12. The van der Waals surface area contributed by atoms with Crippen LogP contribution in [0.25, 0.3) is 21.7 Å². The molecule has 0 amide bonds. The molecule has 0 saturated heterocycles. The van der Waals surface area contributed by atoms with Crippen LogP contribution in [0.3, 0.4) is 0 Å². The highest BCUT2D eigenvalue weighted by Gasteiger charge is 2.13. The van der Waals surface area contributed by atoms with Crippen LogP contribution < -0.4 is 5.69 Å². The third-order valence-corrected chi connectivity index (χ3v) is 3.45. The molecule has 0 N–H and O–H groups in total. The number of benzene rings is 1. The summed E-state index contributed by atoms with van der Waals surface area (Å²) in [5, 5.41) is 3.11. The molecule has 0 fully saturated rings. The lowest BCUT2D eigenvalue weighted by atomic mass is 10.0. The van der Waals surface area contributed by atoms with Crippen LogP contribution in [0, 0.1) is 0 Å². The molecule has 0 unspecified atom stereocenters. The van der Waals surface area contributed by atoms with Crippen molar-refractivity contribution in [3.8, 4) is 0 Å². The van der Waals surface area contributed by atoms with E-state index in [1.54, 1.807) is 17.8 Å². The predicted octanol–water partition coefficient (Wildman–Crippen LogP) is 2.61. The minimum atomic E-state index is -0.208. The highest BCUT2D eigenvalue weighted by atomic mass is 16.1. The molecular weight excluding hydrogens is 238 g/mol. The maximum atomic E-state index is 12.0. The van der Waals surface area contributed by atoms with Crippen molar-refractivity contribution >= 4 is 21.7 Å². The van der Waals surface area contributed by atoms with E-state index < -0.39 is 0 Å². The summed E-state index contributed by atoms with van der Waals surface area (Å²) in [5.74, 6) is 0.218. The van der Waals surface area contributed by atoms with Crippen LogP contribution in [0.4, 0.5) is 0 Å². The van der Waals surface area contributed by atoms with Crippen molar-refractivity contribution in [3.05, 3.63) is 46.8 Å². The summed E-state index contributed by atoms with van der Waals surface area (Å²) in [7, 11) is 1.77. The van der Waals surface area contributed by atoms with Gasteiger partial charge in [-0.1, -0.05) is 26.0 Å². The Hall–Kier alpha value is -2.23. The second kappa shape index (κ2) is 4.16. The maximum Gasteiger partial charge on any atom is 0.348 e. The van der Waals surface area contributed by atoms with Gasteiger partial charge in [0.1, 0.15) is 0 Å². The predicted molar refractivity (Wildman–Crippen MR) is 76.4 cm³/mol. The average Bonchev–Trinajstić information content (AvgIpc) is 2.41. The summed E-state index contributed by atoms with van der Waals surface area (Å²) >= 11 is 0. The van der Waals surface area contributed by atoms with Crippen molar-refractivity contribution < 1.29 is 0 Å². The largest absolute Gasteiger partial charge is 0.348 e. The quantitative estimate of drug-likeness (QED) is 0.626. The van der Waals surface area contributed by atoms with Gasteiger partial charge in [-0.05, 0) is 12.0 Å². The minimum absolute atomic E-state index is 0.208. The van der Waals surface area contributed by atoms with Gasteiger partial charge in [0.2, 0.25) is 0 Å². The van der Waals surface area contributed by atoms with Crippen LogP contribution in [0.15, 0.2) is 35.4 Å². The Morgan fingerprint density at radius 1 is 1.16 bits per heavy atom. The lowest BCUT2D eigenvalue weighted by molar-refractivity contribution is 0.776. The van der Waals surface area contributed by atoms with Gasteiger partial charge in [-0.25, -0.2) is 4.79 Å². The summed E-state index contributed by atoms with van der Waals surface area (Å²) in [5.41, 5.74) is 1.58.